The molecule has 1 fully saturated rings. The summed E-state index contributed by atoms with van der Waals surface area (Å²) in [6.45, 7) is 3.61. The van der Waals surface area contributed by atoms with E-state index in [0.29, 0.717) is 10.6 Å². The summed E-state index contributed by atoms with van der Waals surface area (Å²) in [5.41, 5.74) is 16.4. The third-order valence-electron chi connectivity index (χ3n) is 6.98. The average Bonchev–Trinajstić information content (AvgIpc) is 3.03. The lowest BCUT2D eigenvalue weighted by Gasteiger charge is -2.29. The second-order valence-electron chi connectivity index (χ2n) is 9.36. The Balaban J connectivity index is 1.27. The number of nitrogens with zero attached hydrogens (tertiary/aromatic N) is 3. The zero-order valence-electron chi connectivity index (χ0n) is 19.7. The molecule has 1 aliphatic heterocycles. The van der Waals surface area contributed by atoms with Gasteiger partial charge in [0.05, 0.1) is 11.8 Å². The lowest BCUT2D eigenvalue weighted by Crippen LogP contribution is -2.43. The number of nitrogens with two attached hydrogens (primary N) is 2. The van der Waals surface area contributed by atoms with Gasteiger partial charge < -0.3 is 26.4 Å². The van der Waals surface area contributed by atoms with Crippen LogP contribution in [0.5, 0.6) is 0 Å². The first-order chi connectivity index (χ1) is 16.4. The number of aryl methyl sites for hydroxylation is 2. The van der Waals surface area contributed by atoms with Gasteiger partial charge in [-0.15, -0.1) is 11.3 Å². The average molecular weight is 481 g/mol. The number of fused-ring (bicyclic) bond motifs is 2. The first kappa shape index (κ1) is 23.0. The molecule has 9 heteroatoms. The Morgan fingerprint density at radius 2 is 2.09 bits per heavy atom. The van der Waals surface area contributed by atoms with Crippen LogP contribution in [0.4, 0.5) is 11.5 Å². The maximum Gasteiger partial charge on any atom is 0.263 e. The molecule has 0 saturated carbocycles. The number of nitrogen functional groups attached to an aromatic ring is 1. The van der Waals surface area contributed by atoms with Gasteiger partial charge in [-0.3, -0.25) is 4.79 Å². The molecule has 34 heavy (non-hydrogen) atoms. The van der Waals surface area contributed by atoms with Crippen LogP contribution in [0.3, 0.4) is 0 Å². The number of methoxy groups -OCH3 is 1. The zero-order valence-corrected chi connectivity index (χ0v) is 20.5. The Kier molecular flexibility index (Phi) is 6.42. The number of rotatable bonds is 4. The van der Waals surface area contributed by atoms with Crippen molar-refractivity contribution >= 4 is 39.0 Å². The number of ether oxygens (including phenoxy) is 1. The number of hydrogen-bond acceptors (Lipinski definition) is 8. The van der Waals surface area contributed by atoms with E-state index < -0.39 is 0 Å². The Hall–Kier alpha value is -2.75. The molecule has 0 aromatic carbocycles. The zero-order chi connectivity index (χ0) is 23.8. The van der Waals surface area contributed by atoms with Crippen molar-refractivity contribution in [3.8, 4) is 0 Å². The van der Waals surface area contributed by atoms with Crippen LogP contribution in [0, 0.1) is 6.92 Å². The monoisotopic (exact) mass is 480 g/mol. The third-order valence-corrected chi connectivity index (χ3v) is 8.09. The molecule has 0 unspecified atom stereocenters. The van der Waals surface area contributed by atoms with E-state index in [0.717, 1.165) is 72.6 Å². The van der Waals surface area contributed by atoms with E-state index >= 15 is 0 Å². The first-order valence-corrected chi connectivity index (χ1v) is 12.7. The minimum atomic E-state index is -0.123. The van der Waals surface area contributed by atoms with Crippen molar-refractivity contribution in [2.75, 3.05) is 30.8 Å². The van der Waals surface area contributed by atoms with Crippen molar-refractivity contribution in [1.29, 1.82) is 0 Å². The topological polar surface area (TPSA) is 119 Å². The molecule has 0 bridgehead atoms. The molecule has 180 valence electrons. The van der Waals surface area contributed by atoms with E-state index in [1.165, 1.54) is 16.9 Å². The Morgan fingerprint density at radius 1 is 1.24 bits per heavy atom. The van der Waals surface area contributed by atoms with Gasteiger partial charge in [0.2, 0.25) is 0 Å². The normalized spacial score (nSPS) is 22.9. The molecule has 1 aliphatic carbocycles. The molecule has 3 aromatic rings. The number of carbonyl (C=O) groups excluding carboxylic acids is 1. The third kappa shape index (κ3) is 4.47. The second-order valence-corrected chi connectivity index (χ2v) is 10.4. The standard InChI is InChI=1S/C25H32N6O2S/c1-14-5-8-17-22(27)23(34-25(17)28-14)24(32)29-16-7-9-19-15(12-16)6-10-21(30-19)31-11-3-4-20(33-2)18(26)13-31/h5-6,8,10,16,18,20H,3-4,7,9,11-13,26-27H2,1-2H3,(H,29,32)/t16-,18+,20+/m0/s1. The van der Waals surface area contributed by atoms with E-state index in [2.05, 4.69) is 27.3 Å². The van der Waals surface area contributed by atoms with Crippen LogP contribution in [0.1, 0.15) is 45.9 Å². The summed E-state index contributed by atoms with van der Waals surface area (Å²) in [7, 11) is 1.74. The molecule has 5 N–H and O–H groups in total. The van der Waals surface area contributed by atoms with Crippen LogP contribution < -0.4 is 21.7 Å². The van der Waals surface area contributed by atoms with Gasteiger partial charge in [0.1, 0.15) is 15.5 Å². The van der Waals surface area contributed by atoms with E-state index in [1.54, 1.807) is 7.11 Å². The summed E-state index contributed by atoms with van der Waals surface area (Å²) in [5, 5.41) is 4.03. The molecule has 3 atom stereocenters. The van der Waals surface area contributed by atoms with E-state index in [-0.39, 0.29) is 24.1 Å². The maximum atomic E-state index is 13.0. The van der Waals surface area contributed by atoms with Crippen molar-refractivity contribution in [2.24, 2.45) is 5.73 Å². The van der Waals surface area contributed by atoms with E-state index in [9.17, 15) is 4.79 Å². The molecule has 3 aromatic heterocycles. The summed E-state index contributed by atoms with van der Waals surface area (Å²) >= 11 is 1.36. The molecule has 0 radical (unpaired) electrons. The molecule has 2 aliphatic rings. The minimum Gasteiger partial charge on any atom is -0.397 e. The smallest absolute Gasteiger partial charge is 0.263 e. The number of thiophene rings is 1. The van der Waals surface area contributed by atoms with Gasteiger partial charge >= 0.3 is 0 Å². The summed E-state index contributed by atoms with van der Waals surface area (Å²) in [4.78, 5) is 26.1. The highest BCUT2D eigenvalue weighted by atomic mass is 32.1. The van der Waals surface area contributed by atoms with Crippen molar-refractivity contribution in [2.45, 2.75) is 57.2 Å². The molecule has 5 rings (SSSR count). The van der Waals surface area contributed by atoms with Crippen LogP contribution in [0.15, 0.2) is 24.3 Å². The van der Waals surface area contributed by atoms with Crippen molar-refractivity contribution in [3.63, 3.8) is 0 Å². The lowest BCUT2D eigenvalue weighted by atomic mass is 9.91. The SMILES string of the molecule is CO[C@@H]1CCCN(c2ccc3c(n2)CC[C@H](NC(=O)c2sc4nc(C)ccc4c2N)C3)C[C@H]1N. The van der Waals surface area contributed by atoms with Crippen molar-refractivity contribution < 1.29 is 9.53 Å². The predicted octanol–water partition coefficient (Wildman–Crippen LogP) is 2.81. The highest BCUT2D eigenvalue weighted by Crippen LogP contribution is 2.33. The van der Waals surface area contributed by atoms with Gasteiger partial charge in [-0.05, 0) is 62.8 Å². The van der Waals surface area contributed by atoms with Gasteiger partial charge in [-0.2, -0.15) is 0 Å². The van der Waals surface area contributed by atoms with Crippen LogP contribution in [0.2, 0.25) is 0 Å². The number of carbonyl (C=O) groups is 1. The fourth-order valence-corrected chi connectivity index (χ4v) is 6.11. The summed E-state index contributed by atoms with van der Waals surface area (Å²) in [5.74, 6) is 0.858. The Morgan fingerprint density at radius 3 is 2.91 bits per heavy atom. The van der Waals surface area contributed by atoms with Gasteiger partial charge in [0.25, 0.3) is 5.91 Å². The van der Waals surface area contributed by atoms with Crippen molar-refractivity contribution in [3.05, 3.63) is 46.1 Å². The van der Waals surface area contributed by atoms with Crippen LogP contribution in [-0.4, -0.2) is 54.3 Å². The minimum absolute atomic E-state index is 0.0228. The molecule has 1 saturated heterocycles. The first-order valence-electron chi connectivity index (χ1n) is 11.9. The number of amides is 1. The number of anilines is 2. The number of aromatic nitrogens is 2. The van der Waals surface area contributed by atoms with Crippen molar-refractivity contribution in [1.82, 2.24) is 15.3 Å². The van der Waals surface area contributed by atoms with Crippen LogP contribution in [-0.2, 0) is 17.6 Å². The lowest BCUT2D eigenvalue weighted by molar-refractivity contribution is 0.0789. The largest absolute Gasteiger partial charge is 0.397 e. The molecular formula is C25H32N6O2S. The summed E-state index contributed by atoms with van der Waals surface area (Å²) in [6.07, 6.45) is 4.55. The Labute approximate surface area is 203 Å². The quantitative estimate of drug-likeness (QED) is 0.525. The van der Waals surface area contributed by atoms with E-state index in [1.807, 2.05) is 19.1 Å². The fourth-order valence-electron chi connectivity index (χ4n) is 5.07. The van der Waals surface area contributed by atoms with Crippen LogP contribution in [0.25, 0.3) is 10.2 Å². The highest BCUT2D eigenvalue weighted by Gasteiger charge is 2.27. The van der Waals surface area contributed by atoms with Gasteiger partial charge in [0.15, 0.2) is 0 Å². The predicted molar refractivity (Wildman–Crippen MR) is 137 cm³/mol. The highest BCUT2D eigenvalue weighted by molar-refractivity contribution is 7.21. The maximum absolute atomic E-state index is 13.0. The number of nitrogens with one attached hydrogen (secondary N) is 1. The number of pyridine rings is 2. The fraction of sp³-hybridized carbons (Fsp3) is 0.480. The molecule has 0 spiro atoms. The van der Waals surface area contributed by atoms with Gasteiger partial charge in [0, 0.05) is 49.1 Å². The summed E-state index contributed by atoms with van der Waals surface area (Å²) in [6, 6.07) is 8.13. The number of hydrogen-bond donors (Lipinski definition) is 3. The molecule has 8 nitrogen and oxygen atoms in total. The molecule has 4 heterocycles. The molecule has 1 amide bonds. The second kappa shape index (κ2) is 9.48. The van der Waals surface area contributed by atoms with E-state index in [4.69, 9.17) is 21.2 Å². The Bertz CT molecular complexity index is 1210. The van der Waals surface area contributed by atoms with Gasteiger partial charge in [-0.25, -0.2) is 9.97 Å². The van der Waals surface area contributed by atoms with Gasteiger partial charge in [-0.1, -0.05) is 6.07 Å². The van der Waals surface area contributed by atoms with Crippen LogP contribution >= 0.6 is 11.3 Å². The molecular weight excluding hydrogens is 448 g/mol. The summed E-state index contributed by atoms with van der Waals surface area (Å²) < 4.78 is 5.55.